The third-order valence-electron chi connectivity index (χ3n) is 7.05. The van der Waals surface area contributed by atoms with Crippen LogP contribution in [0.15, 0.2) is 54.6 Å². The third kappa shape index (κ3) is 6.33. The van der Waals surface area contributed by atoms with Crippen molar-refractivity contribution in [2.45, 2.75) is 38.5 Å². The van der Waals surface area contributed by atoms with Gasteiger partial charge in [-0.05, 0) is 80.3 Å². The average Bonchev–Trinajstić information content (AvgIpc) is 2.81. The maximum atomic E-state index is 12.7. The summed E-state index contributed by atoms with van der Waals surface area (Å²) in [6, 6.07) is 18.8. The molecule has 2 saturated heterocycles. The third-order valence-corrected chi connectivity index (χ3v) is 7.05. The van der Waals surface area contributed by atoms with E-state index in [0.717, 1.165) is 49.1 Å². The molecule has 0 bridgehead atoms. The number of methoxy groups -OCH3 is 1. The van der Waals surface area contributed by atoms with E-state index >= 15 is 0 Å². The molecule has 166 valence electrons. The molecule has 4 heteroatoms. The number of benzene rings is 2. The van der Waals surface area contributed by atoms with Crippen LogP contribution in [-0.4, -0.2) is 55.5 Å². The van der Waals surface area contributed by atoms with Crippen molar-refractivity contribution in [1.82, 2.24) is 9.80 Å². The molecule has 2 heterocycles. The number of hydrogen-bond acceptors (Lipinski definition) is 3. The van der Waals surface area contributed by atoms with Crippen molar-refractivity contribution in [2.75, 3.05) is 39.8 Å². The Morgan fingerprint density at radius 3 is 2.26 bits per heavy atom. The van der Waals surface area contributed by atoms with Gasteiger partial charge >= 0.3 is 0 Å². The maximum Gasteiger partial charge on any atom is 0.226 e. The van der Waals surface area contributed by atoms with Gasteiger partial charge in [0.25, 0.3) is 0 Å². The number of hydrogen-bond donors (Lipinski definition) is 0. The summed E-state index contributed by atoms with van der Waals surface area (Å²) in [6.45, 7) is 5.46. The summed E-state index contributed by atoms with van der Waals surface area (Å²) in [5, 5.41) is 0. The number of likely N-dealkylation sites (tertiary alicyclic amines) is 2. The van der Waals surface area contributed by atoms with Crippen LogP contribution in [-0.2, 0) is 17.6 Å². The number of amides is 1. The van der Waals surface area contributed by atoms with E-state index in [1.807, 2.05) is 24.3 Å². The molecule has 0 saturated carbocycles. The van der Waals surface area contributed by atoms with Crippen molar-refractivity contribution < 1.29 is 9.53 Å². The first kappa shape index (κ1) is 21.9. The standard InChI is InChI=1S/C27H36N2O2/c1-31-26-9-5-8-25(19-26)20-27(30)29-16-12-24(13-17-29)21-28-14-10-23(11-15-28)18-22-6-3-2-4-7-22/h2-9,19,23-24H,10-18,20-21H2,1H3. The van der Waals surface area contributed by atoms with E-state index in [2.05, 4.69) is 40.1 Å². The van der Waals surface area contributed by atoms with Gasteiger partial charge < -0.3 is 14.5 Å². The first-order valence-electron chi connectivity index (χ1n) is 11.9. The van der Waals surface area contributed by atoms with Crippen LogP contribution in [0.3, 0.4) is 0 Å². The normalized spacial score (nSPS) is 18.8. The number of carbonyl (C=O) groups excluding carboxylic acids is 1. The minimum atomic E-state index is 0.244. The molecule has 0 N–H and O–H groups in total. The van der Waals surface area contributed by atoms with Crippen LogP contribution in [0.5, 0.6) is 5.75 Å². The largest absolute Gasteiger partial charge is 0.497 e. The van der Waals surface area contributed by atoms with E-state index in [1.165, 1.54) is 44.5 Å². The fraction of sp³-hybridized carbons (Fsp3) is 0.519. The molecular formula is C27H36N2O2. The molecule has 2 fully saturated rings. The van der Waals surface area contributed by atoms with E-state index in [1.54, 1.807) is 7.11 Å². The first-order chi connectivity index (χ1) is 15.2. The van der Waals surface area contributed by atoms with Crippen molar-refractivity contribution in [3.05, 3.63) is 65.7 Å². The van der Waals surface area contributed by atoms with Gasteiger partial charge in [0.15, 0.2) is 0 Å². The van der Waals surface area contributed by atoms with E-state index < -0.39 is 0 Å². The second-order valence-corrected chi connectivity index (χ2v) is 9.29. The van der Waals surface area contributed by atoms with Gasteiger partial charge in [0.2, 0.25) is 5.91 Å². The molecule has 0 atom stereocenters. The summed E-state index contributed by atoms with van der Waals surface area (Å²) in [5.74, 6) is 2.62. The van der Waals surface area contributed by atoms with E-state index in [9.17, 15) is 4.79 Å². The quantitative estimate of drug-likeness (QED) is 0.664. The maximum absolute atomic E-state index is 12.7. The fourth-order valence-electron chi connectivity index (χ4n) is 5.12. The van der Waals surface area contributed by atoms with Crippen LogP contribution in [0.1, 0.15) is 36.8 Å². The Labute approximate surface area is 187 Å². The lowest BCUT2D eigenvalue weighted by Gasteiger charge is -2.37. The van der Waals surface area contributed by atoms with Crippen LogP contribution in [0.2, 0.25) is 0 Å². The van der Waals surface area contributed by atoms with E-state index in [-0.39, 0.29) is 5.91 Å². The minimum absolute atomic E-state index is 0.244. The second-order valence-electron chi connectivity index (χ2n) is 9.29. The van der Waals surface area contributed by atoms with Gasteiger partial charge in [-0.2, -0.15) is 0 Å². The summed E-state index contributed by atoms with van der Waals surface area (Å²) in [5.41, 5.74) is 2.51. The molecule has 2 aliphatic rings. The molecule has 2 aromatic carbocycles. The lowest BCUT2D eigenvalue weighted by molar-refractivity contribution is -0.131. The van der Waals surface area contributed by atoms with E-state index in [4.69, 9.17) is 4.74 Å². The highest BCUT2D eigenvalue weighted by Gasteiger charge is 2.26. The summed E-state index contributed by atoms with van der Waals surface area (Å²) < 4.78 is 5.27. The van der Waals surface area contributed by atoms with Crippen LogP contribution < -0.4 is 4.74 Å². The van der Waals surface area contributed by atoms with Gasteiger partial charge in [-0.25, -0.2) is 0 Å². The van der Waals surface area contributed by atoms with Gasteiger partial charge in [0, 0.05) is 19.6 Å². The summed E-state index contributed by atoms with van der Waals surface area (Å²) >= 11 is 0. The van der Waals surface area contributed by atoms with Crippen molar-refractivity contribution >= 4 is 5.91 Å². The highest BCUT2D eigenvalue weighted by Crippen LogP contribution is 2.25. The lowest BCUT2D eigenvalue weighted by Crippen LogP contribution is -2.43. The van der Waals surface area contributed by atoms with E-state index in [0.29, 0.717) is 6.42 Å². The van der Waals surface area contributed by atoms with Crippen molar-refractivity contribution in [2.24, 2.45) is 11.8 Å². The highest BCUT2D eigenvalue weighted by molar-refractivity contribution is 5.79. The number of piperidine rings is 2. The van der Waals surface area contributed by atoms with Crippen LogP contribution >= 0.6 is 0 Å². The topological polar surface area (TPSA) is 32.8 Å². The second kappa shape index (κ2) is 10.8. The predicted octanol–water partition coefficient (Wildman–Crippen LogP) is 4.43. The Morgan fingerprint density at radius 1 is 0.871 bits per heavy atom. The molecule has 0 unspecified atom stereocenters. The zero-order chi connectivity index (χ0) is 21.5. The Morgan fingerprint density at radius 2 is 1.55 bits per heavy atom. The van der Waals surface area contributed by atoms with Crippen molar-refractivity contribution in [1.29, 1.82) is 0 Å². The number of nitrogens with zero attached hydrogens (tertiary/aromatic N) is 2. The highest BCUT2D eigenvalue weighted by atomic mass is 16.5. The lowest BCUT2D eigenvalue weighted by atomic mass is 9.89. The Hall–Kier alpha value is -2.33. The molecule has 0 aromatic heterocycles. The van der Waals surface area contributed by atoms with Crippen molar-refractivity contribution in [3.8, 4) is 5.75 Å². The molecule has 0 radical (unpaired) electrons. The van der Waals surface area contributed by atoms with Crippen LogP contribution in [0, 0.1) is 11.8 Å². The fourth-order valence-corrected chi connectivity index (χ4v) is 5.12. The van der Waals surface area contributed by atoms with Gasteiger partial charge in [-0.3, -0.25) is 4.79 Å². The average molecular weight is 421 g/mol. The minimum Gasteiger partial charge on any atom is -0.497 e. The van der Waals surface area contributed by atoms with Gasteiger partial charge in [0.05, 0.1) is 13.5 Å². The Bertz CT molecular complexity index is 822. The molecule has 0 aliphatic carbocycles. The number of rotatable bonds is 7. The summed E-state index contributed by atoms with van der Waals surface area (Å²) in [7, 11) is 1.66. The molecule has 4 nitrogen and oxygen atoms in total. The SMILES string of the molecule is COc1cccc(CC(=O)N2CCC(CN3CCC(Cc4ccccc4)CC3)CC2)c1. The van der Waals surface area contributed by atoms with Crippen LogP contribution in [0.25, 0.3) is 0 Å². The molecule has 4 rings (SSSR count). The number of ether oxygens (including phenoxy) is 1. The first-order valence-corrected chi connectivity index (χ1v) is 11.9. The van der Waals surface area contributed by atoms with Gasteiger partial charge in [0.1, 0.15) is 5.75 Å². The van der Waals surface area contributed by atoms with Crippen LogP contribution in [0.4, 0.5) is 0 Å². The van der Waals surface area contributed by atoms with Crippen molar-refractivity contribution in [3.63, 3.8) is 0 Å². The summed E-state index contributed by atoms with van der Waals surface area (Å²) in [4.78, 5) is 17.4. The monoisotopic (exact) mass is 420 g/mol. The molecule has 2 aliphatic heterocycles. The zero-order valence-electron chi connectivity index (χ0n) is 18.8. The number of carbonyl (C=O) groups is 1. The summed E-state index contributed by atoms with van der Waals surface area (Å²) in [6.07, 6.45) is 6.58. The predicted molar refractivity (Wildman–Crippen MR) is 125 cm³/mol. The molecular weight excluding hydrogens is 384 g/mol. The molecule has 2 aromatic rings. The zero-order valence-corrected chi connectivity index (χ0v) is 18.8. The Balaban J connectivity index is 1.16. The van der Waals surface area contributed by atoms with Gasteiger partial charge in [-0.1, -0.05) is 42.5 Å². The smallest absolute Gasteiger partial charge is 0.226 e. The molecule has 31 heavy (non-hydrogen) atoms. The Kier molecular flexibility index (Phi) is 7.63. The molecule has 0 spiro atoms. The van der Waals surface area contributed by atoms with Gasteiger partial charge in [-0.15, -0.1) is 0 Å². The molecule has 1 amide bonds.